The van der Waals surface area contributed by atoms with Crippen LogP contribution in [0.5, 0.6) is 0 Å². The van der Waals surface area contributed by atoms with Crippen molar-refractivity contribution in [2.24, 2.45) is 4.99 Å². The van der Waals surface area contributed by atoms with Crippen molar-refractivity contribution in [2.75, 3.05) is 18.5 Å². The molecule has 0 spiro atoms. The van der Waals surface area contributed by atoms with Crippen LogP contribution in [0.1, 0.15) is 19.3 Å². The average Bonchev–Trinajstić information content (AvgIpc) is 3.17. The summed E-state index contributed by atoms with van der Waals surface area (Å²) >= 11 is 1.31. The van der Waals surface area contributed by atoms with Crippen LogP contribution in [0.15, 0.2) is 35.3 Å². The summed E-state index contributed by atoms with van der Waals surface area (Å²) in [6, 6.07) is 9.21. The van der Waals surface area contributed by atoms with E-state index >= 15 is 0 Å². The van der Waals surface area contributed by atoms with Gasteiger partial charge in [-0.25, -0.2) is 0 Å². The second-order valence-electron chi connectivity index (χ2n) is 5.49. The van der Waals surface area contributed by atoms with E-state index < -0.39 is 5.25 Å². The maximum absolute atomic E-state index is 12.0. The Morgan fingerprint density at radius 3 is 2.96 bits per heavy atom. The lowest BCUT2D eigenvalue weighted by Gasteiger charge is -2.07. The Morgan fingerprint density at radius 1 is 1.39 bits per heavy atom. The van der Waals surface area contributed by atoms with Gasteiger partial charge in [0.05, 0.1) is 12.6 Å². The van der Waals surface area contributed by atoms with E-state index in [1.807, 2.05) is 30.3 Å². The lowest BCUT2D eigenvalue weighted by atomic mass is 10.2. The number of nitrogens with zero attached hydrogens (tertiary/aromatic N) is 1. The lowest BCUT2D eigenvalue weighted by Crippen LogP contribution is -2.28. The average molecular weight is 333 g/mol. The van der Waals surface area contributed by atoms with Crippen LogP contribution in [0.2, 0.25) is 0 Å². The minimum atomic E-state index is -0.429. The summed E-state index contributed by atoms with van der Waals surface area (Å²) in [5, 5.41) is 5.68. The first-order valence-corrected chi connectivity index (χ1v) is 8.57. The first kappa shape index (κ1) is 16.0. The highest BCUT2D eigenvalue weighted by Gasteiger charge is 2.32. The standard InChI is InChI=1S/C16H19N3O3S/c20-14(18-11-5-2-1-3-6-11)9-13-15(21)19-16(23-13)17-10-12-7-4-8-22-12/h1-3,5-6,12-13H,4,7-10H2,(H,18,20)(H,17,19,21)/t12-,13-/m0/s1. The highest BCUT2D eigenvalue weighted by molar-refractivity contribution is 8.15. The van der Waals surface area contributed by atoms with Crippen molar-refractivity contribution in [3.05, 3.63) is 30.3 Å². The lowest BCUT2D eigenvalue weighted by molar-refractivity contribution is -0.122. The largest absolute Gasteiger partial charge is 0.376 e. The Hall–Kier alpha value is -1.86. The molecule has 0 unspecified atom stereocenters. The Morgan fingerprint density at radius 2 is 2.22 bits per heavy atom. The Balaban J connectivity index is 1.49. The quantitative estimate of drug-likeness (QED) is 0.861. The number of benzene rings is 1. The molecule has 2 amide bonds. The van der Waals surface area contributed by atoms with E-state index in [2.05, 4.69) is 15.6 Å². The number of para-hydroxylation sites is 1. The van der Waals surface area contributed by atoms with E-state index in [0.717, 1.165) is 25.1 Å². The third kappa shape index (κ3) is 4.56. The molecule has 2 heterocycles. The van der Waals surface area contributed by atoms with Crippen LogP contribution >= 0.6 is 11.8 Å². The van der Waals surface area contributed by atoms with Gasteiger partial charge in [0, 0.05) is 18.7 Å². The maximum Gasteiger partial charge on any atom is 0.240 e. The number of thioether (sulfide) groups is 1. The molecule has 2 atom stereocenters. The van der Waals surface area contributed by atoms with E-state index in [0.29, 0.717) is 11.7 Å². The van der Waals surface area contributed by atoms with Crippen LogP contribution in [0.3, 0.4) is 0 Å². The molecule has 3 rings (SSSR count). The topological polar surface area (TPSA) is 79.8 Å². The molecule has 0 bridgehead atoms. The fourth-order valence-electron chi connectivity index (χ4n) is 2.49. The number of anilines is 1. The third-order valence-electron chi connectivity index (χ3n) is 3.67. The summed E-state index contributed by atoms with van der Waals surface area (Å²) in [4.78, 5) is 28.4. The number of carbonyl (C=O) groups is 2. The summed E-state index contributed by atoms with van der Waals surface area (Å²) in [6.07, 6.45) is 2.36. The highest BCUT2D eigenvalue weighted by Crippen LogP contribution is 2.23. The Bertz CT molecular complexity index is 600. The molecule has 23 heavy (non-hydrogen) atoms. The molecule has 0 aromatic heterocycles. The van der Waals surface area contributed by atoms with Crippen molar-refractivity contribution in [1.82, 2.24) is 5.32 Å². The fraction of sp³-hybridized carbons (Fsp3) is 0.438. The molecule has 2 saturated heterocycles. The smallest absolute Gasteiger partial charge is 0.240 e. The number of rotatable bonds is 5. The van der Waals surface area contributed by atoms with Gasteiger partial charge in [0.15, 0.2) is 5.17 Å². The van der Waals surface area contributed by atoms with E-state index in [-0.39, 0.29) is 24.3 Å². The monoisotopic (exact) mass is 333 g/mol. The molecular weight excluding hydrogens is 314 g/mol. The zero-order chi connectivity index (χ0) is 16.1. The van der Waals surface area contributed by atoms with Gasteiger partial charge in [-0.2, -0.15) is 0 Å². The summed E-state index contributed by atoms with van der Waals surface area (Å²) < 4.78 is 5.50. The first-order valence-electron chi connectivity index (χ1n) is 7.69. The number of carbonyl (C=O) groups excluding carboxylic acids is 2. The van der Waals surface area contributed by atoms with Gasteiger partial charge in [0.2, 0.25) is 11.8 Å². The van der Waals surface area contributed by atoms with Crippen LogP contribution in [0, 0.1) is 0 Å². The predicted molar refractivity (Wildman–Crippen MR) is 90.5 cm³/mol. The van der Waals surface area contributed by atoms with Gasteiger partial charge in [0.1, 0.15) is 5.25 Å². The first-order chi connectivity index (χ1) is 11.2. The Labute approximate surface area is 139 Å². The highest BCUT2D eigenvalue weighted by atomic mass is 32.2. The molecule has 2 aliphatic heterocycles. The van der Waals surface area contributed by atoms with Crippen LogP contribution in [0.25, 0.3) is 0 Å². The van der Waals surface area contributed by atoms with Gasteiger partial charge in [-0.05, 0) is 25.0 Å². The molecule has 2 N–H and O–H groups in total. The molecule has 0 saturated carbocycles. The minimum absolute atomic E-state index is 0.129. The van der Waals surface area contributed by atoms with Gasteiger partial charge < -0.3 is 15.4 Å². The molecule has 1 aromatic carbocycles. The zero-order valence-electron chi connectivity index (χ0n) is 12.7. The van der Waals surface area contributed by atoms with Gasteiger partial charge in [-0.1, -0.05) is 30.0 Å². The van der Waals surface area contributed by atoms with Crippen molar-refractivity contribution in [3.63, 3.8) is 0 Å². The van der Waals surface area contributed by atoms with Gasteiger partial charge >= 0.3 is 0 Å². The summed E-state index contributed by atoms with van der Waals surface area (Å²) in [6.45, 7) is 1.35. The van der Waals surface area contributed by atoms with E-state index in [1.54, 1.807) is 0 Å². The molecular formula is C16H19N3O3S. The summed E-state index contributed by atoms with van der Waals surface area (Å²) in [7, 11) is 0. The molecule has 6 nitrogen and oxygen atoms in total. The second-order valence-corrected chi connectivity index (χ2v) is 6.69. The summed E-state index contributed by atoms with van der Waals surface area (Å²) in [5.74, 6) is -0.339. The van der Waals surface area contributed by atoms with Crippen LogP contribution in [-0.4, -0.2) is 41.5 Å². The third-order valence-corrected chi connectivity index (χ3v) is 4.79. The van der Waals surface area contributed by atoms with E-state index in [1.165, 1.54) is 11.8 Å². The van der Waals surface area contributed by atoms with Crippen LogP contribution in [-0.2, 0) is 14.3 Å². The maximum atomic E-state index is 12.0. The second kappa shape index (κ2) is 7.61. The molecule has 7 heteroatoms. The number of hydrogen-bond acceptors (Lipinski definition) is 5. The molecule has 2 aliphatic rings. The van der Waals surface area contributed by atoms with Gasteiger partial charge in [-0.3, -0.25) is 14.6 Å². The number of ether oxygens (including phenoxy) is 1. The van der Waals surface area contributed by atoms with Crippen molar-refractivity contribution in [2.45, 2.75) is 30.6 Å². The number of amides is 2. The zero-order valence-corrected chi connectivity index (χ0v) is 13.5. The molecule has 2 fully saturated rings. The SMILES string of the molecule is O=C(C[C@@H]1SC(=NC[C@@H]2CCCO2)NC1=O)Nc1ccccc1. The number of amidine groups is 1. The number of aliphatic imine (C=N–C) groups is 1. The van der Waals surface area contributed by atoms with E-state index in [9.17, 15) is 9.59 Å². The van der Waals surface area contributed by atoms with Crippen LogP contribution in [0.4, 0.5) is 5.69 Å². The number of nitrogens with one attached hydrogen (secondary N) is 2. The van der Waals surface area contributed by atoms with Crippen LogP contribution < -0.4 is 10.6 Å². The molecule has 0 radical (unpaired) electrons. The van der Waals surface area contributed by atoms with Crippen molar-refractivity contribution in [1.29, 1.82) is 0 Å². The summed E-state index contributed by atoms with van der Waals surface area (Å²) in [5.41, 5.74) is 0.730. The van der Waals surface area contributed by atoms with Gasteiger partial charge in [-0.15, -0.1) is 0 Å². The molecule has 1 aromatic rings. The molecule has 0 aliphatic carbocycles. The normalized spacial score (nSPS) is 25.6. The van der Waals surface area contributed by atoms with Gasteiger partial charge in [0.25, 0.3) is 0 Å². The number of hydrogen-bond donors (Lipinski definition) is 2. The van der Waals surface area contributed by atoms with Crippen molar-refractivity contribution < 1.29 is 14.3 Å². The predicted octanol–water partition coefficient (Wildman–Crippen LogP) is 1.78. The Kier molecular flexibility index (Phi) is 5.30. The minimum Gasteiger partial charge on any atom is -0.376 e. The van der Waals surface area contributed by atoms with Crippen molar-refractivity contribution >= 4 is 34.4 Å². The molecule has 122 valence electrons. The van der Waals surface area contributed by atoms with Crippen molar-refractivity contribution in [3.8, 4) is 0 Å². The fourth-order valence-corrected chi connectivity index (χ4v) is 3.47. The van der Waals surface area contributed by atoms with E-state index in [4.69, 9.17) is 4.74 Å².